The first-order chi connectivity index (χ1) is 17.0. The minimum Gasteiger partial charge on any atom is -0.497 e. The second kappa shape index (κ2) is 11.3. The van der Waals surface area contributed by atoms with E-state index in [0.717, 1.165) is 42.2 Å². The third-order valence-corrected chi connectivity index (χ3v) is 7.70. The lowest BCUT2D eigenvalue weighted by atomic mass is 10.1. The van der Waals surface area contributed by atoms with Crippen molar-refractivity contribution >= 4 is 33.8 Å². The Balaban J connectivity index is 1.75. The van der Waals surface area contributed by atoms with E-state index in [0.29, 0.717) is 17.0 Å². The van der Waals surface area contributed by atoms with Gasteiger partial charge in [-0.1, -0.05) is 36.8 Å². The zero-order chi connectivity index (χ0) is 24.7. The fraction of sp³-hybridized carbons (Fsp3) is 0.259. The lowest BCUT2D eigenvalue weighted by Crippen LogP contribution is -2.45. The maximum Gasteiger partial charge on any atom is 0.270 e. The van der Waals surface area contributed by atoms with Gasteiger partial charge in [0.15, 0.2) is 0 Å². The second-order valence-corrected chi connectivity index (χ2v) is 10.1. The van der Waals surface area contributed by atoms with Crippen molar-refractivity contribution in [3.8, 4) is 5.75 Å². The van der Waals surface area contributed by atoms with Crippen molar-refractivity contribution < 1.29 is 17.9 Å². The van der Waals surface area contributed by atoms with Crippen molar-refractivity contribution in [2.45, 2.75) is 24.2 Å². The number of pyridine rings is 1. The largest absolute Gasteiger partial charge is 0.497 e. The van der Waals surface area contributed by atoms with Crippen molar-refractivity contribution in [2.75, 3.05) is 31.0 Å². The van der Waals surface area contributed by atoms with Crippen LogP contribution in [0.3, 0.4) is 0 Å². The summed E-state index contributed by atoms with van der Waals surface area (Å²) in [6.45, 7) is 1.61. The summed E-state index contributed by atoms with van der Waals surface area (Å²) in [4.78, 5) is 19.7. The first-order valence-electron chi connectivity index (χ1n) is 11.6. The Morgan fingerprint density at radius 2 is 1.66 bits per heavy atom. The smallest absolute Gasteiger partial charge is 0.270 e. The number of methoxy groups -OCH3 is 1. The number of nitrogens with zero attached hydrogens (tertiary/aromatic N) is 3. The SMILES string of the molecule is COc1ccc(S(=O)(=O)N(C(=O)CN2CCCCC2)c2ccccc2/C=C/c2ccncc2)cc1. The van der Waals surface area contributed by atoms with Crippen LogP contribution in [0.4, 0.5) is 5.69 Å². The van der Waals surface area contributed by atoms with Crippen molar-refractivity contribution in [3.63, 3.8) is 0 Å². The van der Waals surface area contributed by atoms with E-state index < -0.39 is 15.9 Å². The number of para-hydroxylation sites is 1. The molecule has 0 N–H and O–H groups in total. The highest BCUT2D eigenvalue weighted by Crippen LogP contribution is 2.30. The van der Waals surface area contributed by atoms with Gasteiger partial charge in [0, 0.05) is 12.4 Å². The van der Waals surface area contributed by atoms with Gasteiger partial charge in [0.05, 0.1) is 24.2 Å². The molecule has 0 unspecified atom stereocenters. The van der Waals surface area contributed by atoms with Crippen LogP contribution in [-0.4, -0.2) is 51.0 Å². The summed E-state index contributed by atoms with van der Waals surface area (Å²) in [5.41, 5.74) is 1.85. The average Bonchev–Trinajstić information content (AvgIpc) is 2.89. The number of amides is 1. The molecular formula is C27H29N3O4S. The zero-order valence-electron chi connectivity index (χ0n) is 19.7. The van der Waals surface area contributed by atoms with Crippen LogP contribution in [0.5, 0.6) is 5.75 Å². The number of benzene rings is 2. The van der Waals surface area contributed by atoms with E-state index in [2.05, 4.69) is 4.98 Å². The van der Waals surface area contributed by atoms with E-state index in [1.54, 1.807) is 42.7 Å². The quantitative estimate of drug-likeness (QED) is 0.463. The topological polar surface area (TPSA) is 79.8 Å². The van der Waals surface area contributed by atoms with Gasteiger partial charge < -0.3 is 4.74 Å². The summed E-state index contributed by atoms with van der Waals surface area (Å²) in [5, 5.41) is 0. The normalized spacial score (nSPS) is 14.7. The number of carbonyl (C=O) groups is 1. The fourth-order valence-corrected chi connectivity index (χ4v) is 5.54. The number of hydrogen-bond acceptors (Lipinski definition) is 6. The van der Waals surface area contributed by atoms with Crippen LogP contribution in [0.25, 0.3) is 12.2 Å². The first kappa shape index (κ1) is 24.6. The van der Waals surface area contributed by atoms with E-state index in [9.17, 15) is 13.2 Å². The van der Waals surface area contributed by atoms with E-state index in [1.165, 1.54) is 19.2 Å². The Kier molecular flexibility index (Phi) is 7.94. The molecule has 3 aromatic rings. The molecule has 1 aliphatic heterocycles. The Labute approximate surface area is 206 Å². The van der Waals surface area contributed by atoms with E-state index in [-0.39, 0.29) is 11.4 Å². The van der Waals surface area contributed by atoms with Gasteiger partial charge in [-0.25, -0.2) is 12.7 Å². The number of sulfonamides is 1. The van der Waals surface area contributed by atoms with Crippen LogP contribution >= 0.6 is 0 Å². The maximum absolute atomic E-state index is 13.9. The van der Waals surface area contributed by atoms with E-state index >= 15 is 0 Å². The lowest BCUT2D eigenvalue weighted by Gasteiger charge is -2.30. The molecule has 8 heteroatoms. The van der Waals surface area contributed by atoms with E-state index in [4.69, 9.17) is 4.74 Å². The highest BCUT2D eigenvalue weighted by Gasteiger charge is 2.33. The minimum absolute atomic E-state index is 0.0261. The Bertz CT molecular complexity index is 1270. The maximum atomic E-state index is 13.9. The summed E-state index contributed by atoms with van der Waals surface area (Å²) in [6.07, 6.45) is 10.2. The number of ether oxygens (including phenoxy) is 1. The third-order valence-electron chi connectivity index (χ3n) is 5.95. The molecule has 2 heterocycles. The fourth-order valence-electron chi connectivity index (χ4n) is 4.10. The van der Waals surface area contributed by atoms with Crippen LogP contribution in [-0.2, 0) is 14.8 Å². The first-order valence-corrected chi connectivity index (χ1v) is 13.0. The lowest BCUT2D eigenvalue weighted by molar-refractivity contribution is -0.118. The molecule has 0 atom stereocenters. The van der Waals surface area contributed by atoms with Crippen molar-refractivity contribution in [1.29, 1.82) is 0 Å². The summed E-state index contributed by atoms with van der Waals surface area (Å²) < 4.78 is 33.8. The summed E-state index contributed by atoms with van der Waals surface area (Å²) >= 11 is 0. The van der Waals surface area contributed by atoms with Crippen LogP contribution in [0.1, 0.15) is 30.4 Å². The van der Waals surface area contributed by atoms with Gasteiger partial charge in [-0.3, -0.25) is 14.7 Å². The molecule has 1 fully saturated rings. The molecule has 35 heavy (non-hydrogen) atoms. The molecule has 0 aliphatic carbocycles. The standard InChI is InChI=1S/C27H29N3O4S/c1-34-24-11-13-25(14-12-24)35(32,33)30(27(31)21-29-19-5-2-6-20-29)26-8-4-3-7-23(26)10-9-22-15-17-28-18-16-22/h3-4,7-18H,2,5-6,19-21H2,1H3/b10-9+. The molecule has 4 rings (SSSR count). The van der Waals surface area contributed by atoms with Crippen molar-refractivity contribution in [2.24, 2.45) is 0 Å². The third kappa shape index (κ3) is 5.96. The molecule has 0 bridgehead atoms. The van der Waals surface area contributed by atoms with Crippen LogP contribution in [0.15, 0.2) is 78.0 Å². The second-order valence-electron chi connectivity index (χ2n) is 8.35. The van der Waals surface area contributed by atoms with Crippen molar-refractivity contribution in [1.82, 2.24) is 9.88 Å². The van der Waals surface area contributed by atoms with Crippen molar-refractivity contribution in [3.05, 3.63) is 84.2 Å². The number of carbonyl (C=O) groups excluding carboxylic acids is 1. The number of piperidine rings is 1. The summed E-state index contributed by atoms with van der Waals surface area (Å²) in [7, 11) is -2.66. The monoisotopic (exact) mass is 491 g/mol. The molecule has 1 amide bonds. The predicted octanol–water partition coefficient (Wildman–Crippen LogP) is 4.47. The molecule has 0 spiro atoms. The number of likely N-dealkylation sites (tertiary alicyclic amines) is 1. The van der Waals surface area contributed by atoms with Gasteiger partial charge in [0.25, 0.3) is 15.9 Å². The van der Waals surface area contributed by atoms with Gasteiger partial charge >= 0.3 is 0 Å². The molecule has 7 nitrogen and oxygen atoms in total. The number of anilines is 1. The summed E-state index contributed by atoms with van der Waals surface area (Å²) in [6, 6.07) is 16.8. The van der Waals surface area contributed by atoms with Crippen LogP contribution in [0, 0.1) is 0 Å². The average molecular weight is 492 g/mol. The Morgan fingerprint density at radius 3 is 2.34 bits per heavy atom. The highest BCUT2D eigenvalue weighted by atomic mass is 32.2. The number of rotatable bonds is 8. The molecule has 2 aromatic carbocycles. The molecule has 1 saturated heterocycles. The van der Waals surface area contributed by atoms with Gasteiger partial charge in [-0.15, -0.1) is 0 Å². The molecule has 0 radical (unpaired) electrons. The molecule has 1 aromatic heterocycles. The van der Waals surface area contributed by atoms with E-state index in [1.807, 2.05) is 35.3 Å². The molecule has 0 saturated carbocycles. The van der Waals surface area contributed by atoms with Gasteiger partial charge in [-0.2, -0.15) is 0 Å². The number of hydrogen-bond donors (Lipinski definition) is 0. The number of aromatic nitrogens is 1. The Hall–Kier alpha value is -3.49. The van der Waals surface area contributed by atoms with Crippen LogP contribution in [0.2, 0.25) is 0 Å². The molecule has 182 valence electrons. The predicted molar refractivity (Wildman–Crippen MR) is 138 cm³/mol. The molecular weight excluding hydrogens is 462 g/mol. The van der Waals surface area contributed by atoms with Gasteiger partial charge in [0.2, 0.25) is 0 Å². The van der Waals surface area contributed by atoms with Gasteiger partial charge in [-0.05, 0) is 79.5 Å². The van der Waals surface area contributed by atoms with Gasteiger partial charge in [0.1, 0.15) is 5.75 Å². The highest BCUT2D eigenvalue weighted by molar-refractivity contribution is 7.93. The van der Waals surface area contributed by atoms with Crippen LogP contribution < -0.4 is 9.04 Å². The molecule has 1 aliphatic rings. The Morgan fingerprint density at radius 1 is 0.971 bits per heavy atom. The minimum atomic E-state index is -4.18. The zero-order valence-corrected chi connectivity index (χ0v) is 20.5. The summed E-state index contributed by atoms with van der Waals surface area (Å²) in [5.74, 6) is 0.0586.